The number of allylic oxidation sites excluding steroid dienone is 4. The Labute approximate surface area is 476 Å². The Bertz CT molecular complexity index is 4440. The quantitative estimate of drug-likeness (QED) is 0.126. The average molecular weight is 1040 g/mol. The van der Waals surface area contributed by atoms with Crippen molar-refractivity contribution < 1.29 is 0 Å². The molecule has 0 amide bonds. The van der Waals surface area contributed by atoms with Crippen molar-refractivity contribution in [3.8, 4) is 55.6 Å². The van der Waals surface area contributed by atoms with Crippen LogP contribution in [-0.4, -0.2) is 0 Å². The van der Waals surface area contributed by atoms with Crippen molar-refractivity contribution in [2.75, 3.05) is 9.80 Å². The molecule has 0 heterocycles. The highest BCUT2D eigenvalue weighted by Gasteiger charge is 2.52. The predicted octanol–water partition coefficient (Wildman–Crippen LogP) is 20.7. The van der Waals surface area contributed by atoms with Crippen molar-refractivity contribution in [1.82, 2.24) is 0 Å². The van der Waals surface area contributed by atoms with Crippen LogP contribution < -0.4 is 9.80 Å². The van der Waals surface area contributed by atoms with Crippen LogP contribution in [-0.2, 0) is 16.2 Å². The lowest BCUT2D eigenvalue weighted by Crippen LogP contribution is -2.26. The summed E-state index contributed by atoms with van der Waals surface area (Å²) in [6.45, 7) is 13.5. The Morgan fingerprint density at radius 1 is 0.333 bits per heavy atom. The molecule has 0 aliphatic heterocycles. The van der Waals surface area contributed by atoms with Gasteiger partial charge in [-0.05, 0) is 161 Å². The van der Waals surface area contributed by atoms with Gasteiger partial charge in [0.1, 0.15) is 0 Å². The van der Waals surface area contributed by atoms with E-state index in [1.54, 1.807) is 0 Å². The fourth-order valence-corrected chi connectivity index (χ4v) is 14.6. The molecule has 0 aromatic heterocycles. The monoisotopic (exact) mass is 1040 g/mol. The normalized spacial score (nSPS) is 16.0. The number of para-hydroxylation sites is 1. The molecule has 11 aromatic carbocycles. The highest BCUT2D eigenvalue weighted by Crippen LogP contribution is 2.64. The molecular weight excluding hydrogens is 977 g/mol. The first-order valence-electron chi connectivity index (χ1n) is 28.4. The van der Waals surface area contributed by atoms with Gasteiger partial charge in [-0.3, -0.25) is 0 Å². The summed E-state index contributed by atoms with van der Waals surface area (Å²) in [6, 6.07) is 95.6. The van der Waals surface area contributed by atoms with E-state index < -0.39 is 5.41 Å². The van der Waals surface area contributed by atoms with Gasteiger partial charge in [-0.2, -0.15) is 0 Å². The van der Waals surface area contributed by atoms with Gasteiger partial charge in [0.25, 0.3) is 0 Å². The predicted molar refractivity (Wildman–Crippen MR) is 340 cm³/mol. The van der Waals surface area contributed by atoms with Crippen molar-refractivity contribution in [2.45, 2.75) is 43.9 Å². The molecule has 386 valence electrons. The van der Waals surface area contributed by atoms with Crippen LogP contribution in [0.25, 0.3) is 61.3 Å². The van der Waals surface area contributed by atoms with Crippen LogP contribution in [0.1, 0.15) is 77.8 Å². The number of anilines is 5. The van der Waals surface area contributed by atoms with E-state index in [9.17, 15) is 0 Å². The molecule has 0 fully saturated rings. The molecule has 1 atom stereocenters. The van der Waals surface area contributed by atoms with E-state index >= 15 is 0 Å². The van der Waals surface area contributed by atoms with Crippen LogP contribution in [0.3, 0.4) is 0 Å². The van der Waals surface area contributed by atoms with E-state index in [-0.39, 0.29) is 10.8 Å². The van der Waals surface area contributed by atoms with Crippen LogP contribution >= 0.6 is 0 Å². The van der Waals surface area contributed by atoms with E-state index in [4.69, 9.17) is 0 Å². The third-order valence-electron chi connectivity index (χ3n) is 18.3. The van der Waals surface area contributed by atoms with Gasteiger partial charge in [0, 0.05) is 39.1 Å². The van der Waals surface area contributed by atoms with E-state index in [2.05, 4.69) is 311 Å². The van der Waals surface area contributed by atoms with Crippen LogP contribution in [0.2, 0.25) is 0 Å². The molecule has 81 heavy (non-hydrogen) atoms. The molecule has 15 rings (SSSR count). The molecule has 0 saturated heterocycles. The summed E-state index contributed by atoms with van der Waals surface area (Å²) >= 11 is 0. The third-order valence-corrected chi connectivity index (χ3v) is 18.3. The lowest BCUT2D eigenvalue weighted by Gasteiger charge is -2.33. The summed E-state index contributed by atoms with van der Waals surface area (Å²) in [5.74, 6) is 0. The average Bonchev–Trinajstić information content (AvgIpc) is 1.87. The number of hydrogen-bond acceptors (Lipinski definition) is 2. The second kappa shape index (κ2) is 18.4. The molecule has 4 aliphatic carbocycles. The zero-order valence-corrected chi connectivity index (χ0v) is 46.2. The summed E-state index contributed by atoms with van der Waals surface area (Å²) < 4.78 is 0. The summed E-state index contributed by atoms with van der Waals surface area (Å²) in [5.41, 5.74) is 30.1. The number of hydrogen-bond donors (Lipinski definition) is 0. The second-order valence-corrected chi connectivity index (χ2v) is 23.2. The zero-order valence-electron chi connectivity index (χ0n) is 46.2. The van der Waals surface area contributed by atoms with Crippen molar-refractivity contribution in [3.05, 3.63) is 336 Å². The van der Waals surface area contributed by atoms with Crippen LogP contribution in [0.5, 0.6) is 0 Å². The maximum Gasteiger partial charge on any atom is 0.0725 e. The summed E-state index contributed by atoms with van der Waals surface area (Å²) in [5, 5.41) is 0. The lowest BCUT2D eigenvalue weighted by atomic mass is 9.70. The third kappa shape index (κ3) is 7.13. The standard InChI is InChI=1S/C79H60N2/c1-6-7-10-38-75(53-27-13-9-14-28-53)80(56-40-44-63-59-30-15-20-34-67(59)77(2,3)73(63)50-56)54-42-46-71-65(48-54)61-32-17-22-36-69(61)79(71)70-37-23-18-33-62(70)66-49-55(43-47-72(66)79)81(76-39-24-19-29-58(76)52-25-11-8-12-26-52)57-41-45-64-60-31-16-21-35-68(60)78(4,5)74(64)51-57/h6-51H,1H2,2-5H3/b10-7-,75-38+. The molecule has 4 aliphatic rings. The van der Waals surface area contributed by atoms with E-state index in [0.29, 0.717) is 0 Å². The van der Waals surface area contributed by atoms with Gasteiger partial charge in [0.15, 0.2) is 0 Å². The Hall–Kier alpha value is -9.76. The molecule has 1 unspecified atom stereocenters. The van der Waals surface area contributed by atoms with Gasteiger partial charge in [0.05, 0.1) is 16.8 Å². The summed E-state index contributed by atoms with van der Waals surface area (Å²) in [4.78, 5) is 4.98. The SMILES string of the molecule is C=C/C=C\C=C(/c1ccccc1)N(c1ccc2c(c1)-c1ccccc1C21c2ccccc2-c2cc(N(c3ccc4c(c3)C(C)(C)c3ccccc3-4)c3ccccc3-c3ccccc3)ccc21)c1ccc2c(c1)C(C)(C)c1ccccc1-2. The number of nitrogens with zero attached hydrogens (tertiary/aromatic N) is 2. The van der Waals surface area contributed by atoms with Crippen LogP contribution in [0.4, 0.5) is 28.4 Å². The maximum atomic E-state index is 4.04. The lowest BCUT2D eigenvalue weighted by molar-refractivity contribution is 0.660. The molecule has 0 saturated carbocycles. The molecule has 0 N–H and O–H groups in total. The number of fused-ring (bicyclic) bond motifs is 16. The molecule has 11 aromatic rings. The van der Waals surface area contributed by atoms with Crippen molar-refractivity contribution >= 4 is 34.1 Å². The van der Waals surface area contributed by atoms with Crippen molar-refractivity contribution in [1.29, 1.82) is 0 Å². The van der Waals surface area contributed by atoms with Crippen molar-refractivity contribution in [2.24, 2.45) is 0 Å². The van der Waals surface area contributed by atoms with Gasteiger partial charge >= 0.3 is 0 Å². The Kier molecular flexibility index (Phi) is 11.0. The van der Waals surface area contributed by atoms with E-state index in [0.717, 1.165) is 39.7 Å². The highest BCUT2D eigenvalue weighted by atomic mass is 15.2. The van der Waals surface area contributed by atoms with Gasteiger partial charge < -0.3 is 9.80 Å². The topological polar surface area (TPSA) is 6.48 Å². The molecule has 2 nitrogen and oxygen atoms in total. The highest BCUT2D eigenvalue weighted by molar-refractivity contribution is 6.00. The Balaban J connectivity index is 0.930. The number of benzene rings is 11. The minimum Gasteiger partial charge on any atom is -0.310 e. The van der Waals surface area contributed by atoms with Gasteiger partial charge in [-0.15, -0.1) is 0 Å². The molecule has 1 spiro atoms. The summed E-state index contributed by atoms with van der Waals surface area (Å²) in [6.07, 6.45) is 8.20. The minimum atomic E-state index is -0.565. The fourth-order valence-electron chi connectivity index (χ4n) is 14.6. The van der Waals surface area contributed by atoms with E-state index in [1.165, 1.54) is 100 Å². The smallest absolute Gasteiger partial charge is 0.0725 e. The minimum absolute atomic E-state index is 0.164. The molecule has 2 heteroatoms. The van der Waals surface area contributed by atoms with Gasteiger partial charge in [-0.1, -0.05) is 253 Å². The first-order chi connectivity index (χ1) is 39.7. The molecule has 0 radical (unpaired) electrons. The largest absolute Gasteiger partial charge is 0.310 e. The molecule has 0 bridgehead atoms. The Morgan fingerprint density at radius 2 is 0.728 bits per heavy atom. The maximum absolute atomic E-state index is 4.04. The van der Waals surface area contributed by atoms with E-state index in [1.807, 2.05) is 12.2 Å². The zero-order chi connectivity index (χ0) is 54.6. The van der Waals surface area contributed by atoms with Crippen molar-refractivity contribution in [3.63, 3.8) is 0 Å². The first kappa shape index (κ1) is 48.4. The Morgan fingerprint density at radius 3 is 1.31 bits per heavy atom. The van der Waals surface area contributed by atoms with Crippen LogP contribution in [0, 0.1) is 0 Å². The van der Waals surface area contributed by atoms with Gasteiger partial charge in [-0.25, -0.2) is 0 Å². The first-order valence-corrected chi connectivity index (χ1v) is 28.4. The van der Waals surface area contributed by atoms with Crippen LogP contribution in [0.15, 0.2) is 286 Å². The van der Waals surface area contributed by atoms with Gasteiger partial charge in [0.2, 0.25) is 0 Å². The molecular formula is C79H60N2. The fraction of sp³-hybridized carbons (Fsp3) is 0.0886. The summed E-state index contributed by atoms with van der Waals surface area (Å²) in [7, 11) is 0. The number of rotatable bonds is 10. The second-order valence-electron chi connectivity index (χ2n) is 23.2.